The largest absolute Gasteiger partial charge is 0.310 e. The van der Waals surface area contributed by atoms with E-state index in [9.17, 15) is 0 Å². The van der Waals surface area contributed by atoms with Crippen LogP contribution in [0, 0.1) is 0 Å². The highest BCUT2D eigenvalue weighted by molar-refractivity contribution is 6.14. The second-order valence-electron chi connectivity index (χ2n) is 16.8. The Bertz CT molecular complexity index is 3420. The molecule has 12 rings (SSSR count). The third kappa shape index (κ3) is 6.08. The summed E-state index contributed by atoms with van der Waals surface area (Å²) in [6, 6.07) is 95.7. The van der Waals surface area contributed by atoms with Crippen LogP contribution in [0.25, 0.3) is 66.1 Å². The molecule has 0 amide bonds. The van der Waals surface area contributed by atoms with Crippen LogP contribution in [0.2, 0.25) is 0 Å². The summed E-state index contributed by atoms with van der Waals surface area (Å²) in [6.45, 7) is 0. The summed E-state index contributed by atoms with van der Waals surface area (Å²) in [5.74, 6) is 0. The normalized spacial score (nSPS) is 12.5. The molecule has 1 aliphatic carbocycles. The molecule has 0 fully saturated rings. The van der Waals surface area contributed by atoms with E-state index in [1.807, 2.05) is 0 Å². The Hall–Kier alpha value is -8.26. The molecule has 0 N–H and O–H groups in total. The molecule has 300 valence electrons. The van der Waals surface area contributed by atoms with E-state index in [1.165, 1.54) is 88.3 Å². The SMILES string of the molecule is c1ccc(-c2ccc(N(c3ccc(-c4cccc(-c5cc6ccccc6c6ccccc56)c4)cc3)c3cccc4c3-c3ccccc3C4(c3ccccc3)c3ccccc3)cc2)cc1. The van der Waals surface area contributed by atoms with Crippen molar-refractivity contribution in [3.8, 4) is 44.5 Å². The van der Waals surface area contributed by atoms with E-state index in [2.05, 4.69) is 266 Å². The third-order valence-electron chi connectivity index (χ3n) is 13.3. The number of anilines is 3. The summed E-state index contributed by atoms with van der Waals surface area (Å²) in [7, 11) is 0. The van der Waals surface area contributed by atoms with Gasteiger partial charge in [0.15, 0.2) is 0 Å². The van der Waals surface area contributed by atoms with Gasteiger partial charge in [0.1, 0.15) is 0 Å². The predicted molar refractivity (Wildman–Crippen MR) is 270 cm³/mol. The summed E-state index contributed by atoms with van der Waals surface area (Å²) in [5, 5.41) is 5.08. The van der Waals surface area contributed by atoms with Crippen molar-refractivity contribution in [1.82, 2.24) is 0 Å². The maximum atomic E-state index is 2.46. The Morgan fingerprint density at radius 3 is 1.45 bits per heavy atom. The number of hydrogen-bond acceptors (Lipinski definition) is 1. The van der Waals surface area contributed by atoms with Gasteiger partial charge < -0.3 is 4.90 Å². The fraction of sp³-hybridized carbons (Fsp3) is 0.0159. The van der Waals surface area contributed by atoms with Crippen LogP contribution < -0.4 is 4.90 Å². The minimum absolute atomic E-state index is 0.501. The molecular formula is C63H43N. The monoisotopic (exact) mass is 813 g/mol. The number of rotatable bonds is 8. The summed E-state index contributed by atoms with van der Waals surface area (Å²) in [4.78, 5) is 2.46. The standard InChI is InChI=1S/C63H43N/c1-4-18-44(19-5-1)45-34-38-52(39-35-45)64(61-33-17-32-60-62(61)57-30-14-15-31-59(57)63(60,50-23-6-2-7-24-50)51-25-8-3-9-26-51)53-40-36-46(37-41-53)47-21-16-22-48(42-47)58-43-49-20-10-11-27-54(49)55-28-12-13-29-56(55)58/h1-43H. The van der Waals surface area contributed by atoms with Crippen LogP contribution in [0.1, 0.15) is 22.3 Å². The van der Waals surface area contributed by atoms with Gasteiger partial charge in [0.2, 0.25) is 0 Å². The quantitative estimate of drug-likeness (QED) is 0.138. The van der Waals surface area contributed by atoms with Crippen LogP contribution in [-0.4, -0.2) is 0 Å². The number of hydrogen-bond donors (Lipinski definition) is 0. The molecule has 0 unspecified atom stereocenters. The van der Waals surface area contributed by atoms with Gasteiger partial charge >= 0.3 is 0 Å². The highest BCUT2D eigenvalue weighted by atomic mass is 15.1. The number of fused-ring (bicyclic) bond motifs is 6. The minimum atomic E-state index is -0.501. The molecule has 0 bridgehead atoms. The van der Waals surface area contributed by atoms with Gasteiger partial charge in [-0.05, 0) is 125 Å². The molecule has 0 heterocycles. The first kappa shape index (κ1) is 37.5. The maximum absolute atomic E-state index is 2.46. The van der Waals surface area contributed by atoms with Crippen molar-refractivity contribution in [1.29, 1.82) is 0 Å². The van der Waals surface area contributed by atoms with Crippen LogP contribution in [0.5, 0.6) is 0 Å². The van der Waals surface area contributed by atoms with Crippen molar-refractivity contribution in [2.75, 3.05) is 4.90 Å². The number of benzene rings is 11. The van der Waals surface area contributed by atoms with E-state index in [1.54, 1.807) is 0 Å². The van der Waals surface area contributed by atoms with Crippen LogP contribution in [0.3, 0.4) is 0 Å². The smallest absolute Gasteiger partial charge is 0.0714 e. The maximum Gasteiger partial charge on any atom is 0.0714 e. The van der Waals surface area contributed by atoms with E-state index >= 15 is 0 Å². The second-order valence-corrected chi connectivity index (χ2v) is 16.8. The van der Waals surface area contributed by atoms with Gasteiger partial charge in [0.25, 0.3) is 0 Å². The highest BCUT2D eigenvalue weighted by Crippen LogP contribution is 2.59. The molecule has 11 aromatic rings. The van der Waals surface area contributed by atoms with Crippen LogP contribution >= 0.6 is 0 Å². The lowest BCUT2D eigenvalue weighted by Gasteiger charge is -2.34. The molecule has 0 aliphatic heterocycles. The lowest BCUT2D eigenvalue weighted by molar-refractivity contribution is 0.768. The molecule has 1 heteroatoms. The van der Waals surface area contributed by atoms with Gasteiger partial charge in [-0.2, -0.15) is 0 Å². The summed E-state index contributed by atoms with van der Waals surface area (Å²) in [6.07, 6.45) is 0. The lowest BCUT2D eigenvalue weighted by Crippen LogP contribution is -2.28. The zero-order valence-corrected chi connectivity index (χ0v) is 35.3. The first-order valence-electron chi connectivity index (χ1n) is 22.2. The van der Waals surface area contributed by atoms with Gasteiger partial charge in [0.05, 0.1) is 11.1 Å². The molecule has 11 aromatic carbocycles. The first-order valence-corrected chi connectivity index (χ1v) is 22.2. The van der Waals surface area contributed by atoms with Crippen molar-refractivity contribution in [3.63, 3.8) is 0 Å². The van der Waals surface area contributed by atoms with E-state index in [0.717, 1.165) is 17.1 Å². The van der Waals surface area contributed by atoms with Crippen LogP contribution in [-0.2, 0) is 5.41 Å². The van der Waals surface area contributed by atoms with Gasteiger partial charge in [-0.15, -0.1) is 0 Å². The second kappa shape index (κ2) is 15.6. The zero-order chi connectivity index (χ0) is 42.5. The molecular weight excluding hydrogens is 771 g/mol. The minimum Gasteiger partial charge on any atom is -0.310 e. The predicted octanol–water partition coefficient (Wildman–Crippen LogP) is 16.8. The Kier molecular flexibility index (Phi) is 9.13. The number of nitrogens with zero attached hydrogens (tertiary/aromatic N) is 1. The van der Waals surface area contributed by atoms with E-state index in [-0.39, 0.29) is 0 Å². The molecule has 0 aromatic heterocycles. The molecule has 0 saturated carbocycles. The molecule has 1 nitrogen and oxygen atoms in total. The van der Waals surface area contributed by atoms with Crippen molar-refractivity contribution in [2.45, 2.75) is 5.41 Å². The molecule has 64 heavy (non-hydrogen) atoms. The van der Waals surface area contributed by atoms with Gasteiger partial charge in [-0.3, -0.25) is 0 Å². The van der Waals surface area contributed by atoms with Gasteiger partial charge in [-0.25, -0.2) is 0 Å². The van der Waals surface area contributed by atoms with Crippen molar-refractivity contribution in [2.24, 2.45) is 0 Å². The lowest BCUT2D eigenvalue weighted by atomic mass is 9.68. The van der Waals surface area contributed by atoms with Crippen LogP contribution in [0.4, 0.5) is 17.1 Å². The average Bonchev–Trinajstić information content (AvgIpc) is 3.69. The Morgan fingerprint density at radius 1 is 0.281 bits per heavy atom. The molecule has 0 spiro atoms. The Morgan fingerprint density at radius 2 is 0.766 bits per heavy atom. The molecule has 0 atom stereocenters. The zero-order valence-electron chi connectivity index (χ0n) is 35.3. The Labute approximate surface area is 374 Å². The van der Waals surface area contributed by atoms with Crippen molar-refractivity contribution >= 4 is 38.6 Å². The first-order chi connectivity index (χ1) is 31.8. The topological polar surface area (TPSA) is 3.24 Å². The molecule has 0 radical (unpaired) electrons. The van der Waals surface area contributed by atoms with E-state index < -0.39 is 5.41 Å². The van der Waals surface area contributed by atoms with E-state index in [4.69, 9.17) is 0 Å². The van der Waals surface area contributed by atoms with Crippen molar-refractivity contribution in [3.05, 3.63) is 283 Å². The van der Waals surface area contributed by atoms with Crippen molar-refractivity contribution < 1.29 is 0 Å². The van der Waals surface area contributed by atoms with E-state index in [0.29, 0.717) is 0 Å². The summed E-state index contributed by atoms with van der Waals surface area (Å²) < 4.78 is 0. The summed E-state index contributed by atoms with van der Waals surface area (Å²) >= 11 is 0. The fourth-order valence-corrected chi connectivity index (χ4v) is 10.5. The average molecular weight is 814 g/mol. The highest BCUT2D eigenvalue weighted by Gasteiger charge is 2.47. The van der Waals surface area contributed by atoms with Crippen LogP contribution in [0.15, 0.2) is 261 Å². The third-order valence-corrected chi connectivity index (χ3v) is 13.3. The van der Waals surface area contributed by atoms with Gasteiger partial charge in [-0.1, -0.05) is 218 Å². The summed E-state index contributed by atoms with van der Waals surface area (Å²) in [5.41, 5.74) is 17.6. The van der Waals surface area contributed by atoms with Gasteiger partial charge in [0, 0.05) is 16.9 Å². The fourth-order valence-electron chi connectivity index (χ4n) is 10.5. The Balaban J connectivity index is 1.02. The molecule has 1 aliphatic rings. The molecule has 0 saturated heterocycles.